The molecule has 0 spiro atoms. The van der Waals surface area contributed by atoms with Crippen molar-refractivity contribution in [2.75, 3.05) is 18.5 Å². The Kier molecular flexibility index (Phi) is 4.10. The van der Waals surface area contributed by atoms with Gasteiger partial charge >= 0.3 is 0 Å². The van der Waals surface area contributed by atoms with Crippen LogP contribution in [0.15, 0.2) is 42.5 Å². The molecule has 1 heterocycles. The zero-order chi connectivity index (χ0) is 16.4. The Labute approximate surface area is 133 Å². The van der Waals surface area contributed by atoms with E-state index in [0.29, 0.717) is 17.7 Å². The van der Waals surface area contributed by atoms with Crippen LogP contribution in [0.2, 0.25) is 0 Å². The third kappa shape index (κ3) is 2.95. The first-order chi connectivity index (χ1) is 11.1. The first-order valence-corrected chi connectivity index (χ1v) is 7.52. The van der Waals surface area contributed by atoms with Gasteiger partial charge in [-0.25, -0.2) is 4.39 Å². The summed E-state index contributed by atoms with van der Waals surface area (Å²) >= 11 is 0. The Morgan fingerprint density at radius 2 is 1.78 bits per heavy atom. The van der Waals surface area contributed by atoms with Gasteiger partial charge in [0.05, 0.1) is 0 Å². The Morgan fingerprint density at radius 1 is 1.09 bits per heavy atom. The van der Waals surface area contributed by atoms with Gasteiger partial charge in [-0.15, -0.1) is 0 Å². The fourth-order valence-corrected chi connectivity index (χ4v) is 2.84. The Bertz CT molecular complexity index is 756. The molecule has 3 rings (SSSR count). The molecular weight excluding hydrogens is 295 g/mol. The van der Waals surface area contributed by atoms with Gasteiger partial charge in [0.15, 0.2) is 0 Å². The van der Waals surface area contributed by atoms with Crippen LogP contribution in [-0.2, 0) is 6.42 Å². The Morgan fingerprint density at radius 3 is 2.48 bits per heavy atom. The maximum atomic E-state index is 13.0. The predicted octanol–water partition coefficient (Wildman–Crippen LogP) is 2.78. The lowest BCUT2D eigenvalue weighted by Crippen LogP contribution is -2.35. The van der Waals surface area contributed by atoms with Crippen molar-refractivity contribution in [1.82, 2.24) is 5.32 Å². The zero-order valence-electron chi connectivity index (χ0n) is 12.8. The summed E-state index contributed by atoms with van der Waals surface area (Å²) < 4.78 is 13.0. The number of fused-ring (bicyclic) bond motifs is 1. The molecule has 0 aliphatic carbocycles. The molecule has 0 bridgehead atoms. The molecule has 0 saturated heterocycles. The fraction of sp³-hybridized carbons (Fsp3) is 0.222. The number of carbonyl (C=O) groups excluding carboxylic acids is 2. The van der Waals surface area contributed by atoms with Crippen LogP contribution >= 0.6 is 0 Å². The highest BCUT2D eigenvalue weighted by Gasteiger charge is 2.24. The van der Waals surface area contributed by atoms with Gasteiger partial charge in [-0.1, -0.05) is 0 Å². The first kappa shape index (κ1) is 15.2. The molecule has 0 saturated carbocycles. The number of nitrogens with zero attached hydrogens (tertiary/aromatic N) is 1. The molecule has 0 unspecified atom stereocenters. The number of hydrogen-bond donors (Lipinski definition) is 1. The SMILES string of the molecule is CNC(=O)c1ccc2c(c1)CCCN2C(=O)c1ccc(F)cc1. The summed E-state index contributed by atoms with van der Waals surface area (Å²) in [4.78, 5) is 26.1. The van der Waals surface area contributed by atoms with Crippen molar-refractivity contribution < 1.29 is 14.0 Å². The number of aryl methyl sites for hydroxylation is 1. The van der Waals surface area contributed by atoms with E-state index < -0.39 is 0 Å². The standard InChI is InChI=1S/C18H17FN2O2/c1-20-17(22)14-6-9-16-13(11-14)3-2-10-21(16)18(23)12-4-7-15(19)8-5-12/h4-9,11H,2-3,10H2,1H3,(H,20,22). The van der Waals surface area contributed by atoms with Crippen molar-refractivity contribution in [3.05, 3.63) is 65.0 Å². The van der Waals surface area contributed by atoms with Gasteiger partial charge < -0.3 is 10.2 Å². The summed E-state index contributed by atoms with van der Waals surface area (Å²) in [5.41, 5.74) is 2.84. The molecule has 1 aliphatic rings. The van der Waals surface area contributed by atoms with Crippen LogP contribution in [0.1, 0.15) is 32.7 Å². The van der Waals surface area contributed by atoms with E-state index in [1.54, 1.807) is 24.1 Å². The molecule has 23 heavy (non-hydrogen) atoms. The molecule has 4 nitrogen and oxygen atoms in total. The lowest BCUT2D eigenvalue weighted by atomic mass is 9.98. The van der Waals surface area contributed by atoms with E-state index >= 15 is 0 Å². The van der Waals surface area contributed by atoms with Crippen molar-refractivity contribution >= 4 is 17.5 Å². The van der Waals surface area contributed by atoms with Gasteiger partial charge in [0.2, 0.25) is 0 Å². The monoisotopic (exact) mass is 312 g/mol. The van der Waals surface area contributed by atoms with E-state index in [1.807, 2.05) is 6.07 Å². The van der Waals surface area contributed by atoms with Crippen molar-refractivity contribution in [3.8, 4) is 0 Å². The van der Waals surface area contributed by atoms with Crippen molar-refractivity contribution in [3.63, 3.8) is 0 Å². The summed E-state index contributed by atoms with van der Waals surface area (Å²) in [5, 5.41) is 2.60. The molecule has 0 radical (unpaired) electrons. The smallest absolute Gasteiger partial charge is 0.258 e. The molecule has 0 atom stereocenters. The summed E-state index contributed by atoms with van der Waals surface area (Å²) in [6.45, 7) is 0.614. The molecule has 2 aromatic carbocycles. The minimum absolute atomic E-state index is 0.144. The van der Waals surface area contributed by atoms with E-state index in [9.17, 15) is 14.0 Å². The molecule has 0 aromatic heterocycles. The summed E-state index contributed by atoms with van der Waals surface area (Å²) in [5.74, 6) is -0.663. The minimum Gasteiger partial charge on any atom is -0.355 e. The summed E-state index contributed by atoms with van der Waals surface area (Å²) in [6, 6.07) is 10.9. The fourth-order valence-electron chi connectivity index (χ4n) is 2.84. The number of anilines is 1. The molecule has 1 N–H and O–H groups in total. The summed E-state index contributed by atoms with van der Waals surface area (Å²) in [7, 11) is 1.59. The quantitative estimate of drug-likeness (QED) is 0.927. The topological polar surface area (TPSA) is 49.4 Å². The van der Waals surface area contributed by atoms with Crippen molar-refractivity contribution in [1.29, 1.82) is 0 Å². The van der Waals surface area contributed by atoms with E-state index in [4.69, 9.17) is 0 Å². The summed E-state index contributed by atoms with van der Waals surface area (Å²) in [6.07, 6.45) is 1.66. The maximum Gasteiger partial charge on any atom is 0.258 e. The van der Waals surface area contributed by atoms with Gasteiger partial charge in [-0.3, -0.25) is 9.59 Å². The average Bonchev–Trinajstić information content (AvgIpc) is 2.60. The lowest BCUT2D eigenvalue weighted by molar-refractivity contribution is 0.0961. The molecule has 1 aliphatic heterocycles. The number of halogens is 1. The van der Waals surface area contributed by atoms with Crippen LogP contribution in [0.4, 0.5) is 10.1 Å². The Balaban J connectivity index is 1.93. The second-order valence-electron chi connectivity index (χ2n) is 5.49. The van der Waals surface area contributed by atoms with Gasteiger partial charge in [0.1, 0.15) is 5.82 Å². The van der Waals surface area contributed by atoms with Crippen LogP contribution < -0.4 is 10.2 Å². The highest BCUT2D eigenvalue weighted by molar-refractivity contribution is 6.07. The highest BCUT2D eigenvalue weighted by atomic mass is 19.1. The average molecular weight is 312 g/mol. The van der Waals surface area contributed by atoms with E-state index in [0.717, 1.165) is 24.1 Å². The number of benzene rings is 2. The third-order valence-corrected chi connectivity index (χ3v) is 4.02. The van der Waals surface area contributed by atoms with Crippen LogP contribution in [0.25, 0.3) is 0 Å². The van der Waals surface area contributed by atoms with Crippen LogP contribution in [0.5, 0.6) is 0 Å². The van der Waals surface area contributed by atoms with Crippen LogP contribution in [-0.4, -0.2) is 25.4 Å². The molecule has 2 aromatic rings. The maximum absolute atomic E-state index is 13.0. The molecule has 118 valence electrons. The molecular formula is C18H17FN2O2. The third-order valence-electron chi connectivity index (χ3n) is 4.02. The molecule has 0 fully saturated rings. The minimum atomic E-state index is -0.365. The lowest BCUT2D eigenvalue weighted by Gasteiger charge is -2.30. The van der Waals surface area contributed by atoms with E-state index in [-0.39, 0.29) is 17.6 Å². The van der Waals surface area contributed by atoms with Gasteiger partial charge in [0.25, 0.3) is 11.8 Å². The van der Waals surface area contributed by atoms with Gasteiger partial charge in [0, 0.05) is 30.4 Å². The number of hydrogen-bond acceptors (Lipinski definition) is 2. The highest BCUT2D eigenvalue weighted by Crippen LogP contribution is 2.29. The predicted molar refractivity (Wildman–Crippen MR) is 86.2 cm³/mol. The van der Waals surface area contributed by atoms with Crippen LogP contribution in [0, 0.1) is 5.82 Å². The van der Waals surface area contributed by atoms with Crippen molar-refractivity contribution in [2.45, 2.75) is 12.8 Å². The van der Waals surface area contributed by atoms with Gasteiger partial charge in [-0.05, 0) is 60.9 Å². The largest absolute Gasteiger partial charge is 0.355 e. The second-order valence-corrected chi connectivity index (χ2v) is 5.49. The number of carbonyl (C=O) groups is 2. The molecule has 2 amide bonds. The molecule has 5 heteroatoms. The second kappa shape index (κ2) is 6.20. The van der Waals surface area contributed by atoms with Gasteiger partial charge in [-0.2, -0.15) is 0 Å². The van der Waals surface area contributed by atoms with Crippen molar-refractivity contribution in [2.24, 2.45) is 0 Å². The van der Waals surface area contributed by atoms with E-state index in [1.165, 1.54) is 24.3 Å². The first-order valence-electron chi connectivity index (χ1n) is 7.52. The number of amides is 2. The van der Waals surface area contributed by atoms with E-state index in [2.05, 4.69) is 5.32 Å². The van der Waals surface area contributed by atoms with Crippen LogP contribution in [0.3, 0.4) is 0 Å². The number of rotatable bonds is 2. The normalized spacial score (nSPS) is 13.4. The zero-order valence-corrected chi connectivity index (χ0v) is 12.8. The number of nitrogens with one attached hydrogen (secondary N) is 1. The Hall–Kier alpha value is -2.69.